The summed E-state index contributed by atoms with van der Waals surface area (Å²) in [4.78, 5) is 28.1. The highest BCUT2D eigenvalue weighted by Crippen LogP contribution is 2.24. The first-order valence-corrected chi connectivity index (χ1v) is 9.19. The Morgan fingerprint density at radius 3 is 2.46 bits per heavy atom. The van der Waals surface area contributed by atoms with Gasteiger partial charge in [-0.3, -0.25) is 9.78 Å². The van der Waals surface area contributed by atoms with Crippen molar-refractivity contribution in [2.75, 3.05) is 50.7 Å². The zero-order valence-electron chi connectivity index (χ0n) is 14.9. The Kier molecular flexibility index (Phi) is 5.66. The number of rotatable bonds is 4. The van der Waals surface area contributed by atoms with E-state index in [4.69, 9.17) is 0 Å². The number of carbonyl (C=O) groups is 1. The van der Waals surface area contributed by atoms with E-state index in [0.29, 0.717) is 18.2 Å². The molecule has 1 aromatic rings. The molecule has 0 atom stereocenters. The van der Waals surface area contributed by atoms with Crippen LogP contribution in [-0.2, 0) is 4.79 Å². The van der Waals surface area contributed by atoms with Crippen LogP contribution in [0.4, 0.5) is 5.82 Å². The molecule has 0 N–H and O–H groups in total. The van der Waals surface area contributed by atoms with Crippen LogP contribution >= 0.6 is 0 Å². The van der Waals surface area contributed by atoms with Gasteiger partial charge in [0.1, 0.15) is 5.82 Å². The smallest absolute Gasteiger partial charge is 0.222 e. The third-order valence-electron chi connectivity index (χ3n) is 5.32. The Labute approximate surface area is 144 Å². The highest BCUT2D eigenvalue weighted by atomic mass is 16.2. The van der Waals surface area contributed by atoms with E-state index in [1.54, 1.807) is 6.20 Å². The molecule has 0 bridgehead atoms. The van der Waals surface area contributed by atoms with E-state index >= 15 is 0 Å². The number of amides is 1. The zero-order valence-corrected chi connectivity index (χ0v) is 14.9. The van der Waals surface area contributed by atoms with Crippen molar-refractivity contribution in [1.29, 1.82) is 0 Å². The molecule has 6 heteroatoms. The second-order valence-corrected chi connectivity index (χ2v) is 6.97. The van der Waals surface area contributed by atoms with Crippen molar-refractivity contribution in [2.45, 2.75) is 33.1 Å². The fourth-order valence-electron chi connectivity index (χ4n) is 3.66. The van der Waals surface area contributed by atoms with Crippen LogP contribution in [0.15, 0.2) is 12.4 Å². The first kappa shape index (κ1) is 17.1. The predicted molar refractivity (Wildman–Crippen MR) is 95.0 cm³/mol. The van der Waals surface area contributed by atoms with Crippen molar-refractivity contribution < 1.29 is 4.79 Å². The summed E-state index contributed by atoms with van der Waals surface area (Å²) in [5.41, 5.74) is 0.955. The molecule has 2 aliphatic heterocycles. The Morgan fingerprint density at radius 1 is 1.12 bits per heavy atom. The molecule has 2 saturated heterocycles. The third-order valence-corrected chi connectivity index (χ3v) is 5.32. The number of piperazine rings is 1. The highest BCUT2D eigenvalue weighted by molar-refractivity contribution is 5.76. The first-order chi connectivity index (χ1) is 11.7. The molecule has 0 spiro atoms. The minimum Gasteiger partial charge on any atom is -0.355 e. The minimum atomic E-state index is 0.347. The van der Waals surface area contributed by atoms with E-state index in [-0.39, 0.29) is 0 Å². The van der Waals surface area contributed by atoms with Gasteiger partial charge in [-0.15, -0.1) is 0 Å². The average molecular weight is 331 g/mol. The number of hydrogen-bond acceptors (Lipinski definition) is 5. The molecule has 3 rings (SSSR count). The lowest BCUT2D eigenvalue weighted by Gasteiger charge is -2.36. The lowest BCUT2D eigenvalue weighted by Crippen LogP contribution is -2.49. The second-order valence-electron chi connectivity index (χ2n) is 6.97. The Hall–Kier alpha value is -1.69. The van der Waals surface area contributed by atoms with Gasteiger partial charge >= 0.3 is 0 Å². The van der Waals surface area contributed by atoms with Crippen molar-refractivity contribution in [3.63, 3.8) is 0 Å². The van der Waals surface area contributed by atoms with Crippen LogP contribution in [0.3, 0.4) is 0 Å². The summed E-state index contributed by atoms with van der Waals surface area (Å²) in [6.45, 7) is 11.0. The molecule has 6 nitrogen and oxygen atoms in total. The van der Waals surface area contributed by atoms with E-state index < -0.39 is 0 Å². The molecule has 24 heavy (non-hydrogen) atoms. The third kappa shape index (κ3) is 4.23. The Balaban J connectivity index is 1.44. The van der Waals surface area contributed by atoms with Gasteiger partial charge in [-0.05, 0) is 32.2 Å². The molecule has 1 amide bonds. The average Bonchev–Trinajstić information content (AvgIpc) is 2.62. The van der Waals surface area contributed by atoms with Gasteiger partial charge in [0.25, 0.3) is 0 Å². The molecular formula is C18H29N5O. The second kappa shape index (κ2) is 7.92. The van der Waals surface area contributed by atoms with E-state index in [1.165, 1.54) is 0 Å². The quantitative estimate of drug-likeness (QED) is 0.838. The summed E-state index contributed by atoms with van der Waals surface area (Å²) in [7, 11) is 0. The molecule has 0 radical (unpaired) electrons. The Bertz CT molecular complexity index is 548. The number of piperidine rings is 1. The molecule has 1 aromatic heterocycles. The maximum absolute atomic E-state index is 12.5. The van der Waals surface area contributed by atoms with Crippen LogP contribution in [-0.4, -0.2) is 71.5 Å². The molecule has 0 saturated carbocycles. The van der Waals surface area contributed by atoms with Gasteiger partial charge in [0.15, 0.2) is 0 Å². The molecule has 0 aromatic carbocycles. The largest absolute Gasteiger partial charge is 0.355 e. The zero-order chi connectivity index (χ0) is 16.9. The molecule has 132 valence electrons. The van der Waals surface area contributed by atoms with Crippen LogP contribution in [0.25, 0.3) is 0 Å². The fourth-order valence-corrected chi connectivity index (χ4v) is 3.66. The number of aromatic nitrogens is 2. The van der Waals surface area contributed by atoms with Crippen LogP contribution in [0.1, 0.15) is 31.9 Å². The standard InChI is InChI=1S/C18H29N5O/c1-3-21-8-10-23(11-9-21)18(24)12-16-4-6-22(7-5-16)17-14-19-13-15(2)20-17/h13-14,16H,3-12H2,1-2H3. The molecule has 0 unspecified atom stereocenters. The van der Waals surface area contributed by atoms with Gasteiger partial charge in [0.2, 0.25) is 5.91 Å². The lowest BCUT2D eigenvalue weighted by atomic mass is 9.93. The number of anilines is 1. The minimum absolute atomic E-state index is 0.347. The molecular weight excluding hydrogens is 302 g/mol. The monoisotopic (exact) mass is 331 g/mol. The molecule has 0 aliphatic carbocycles. The predicted octanol–water partition coefficient (Wildman–Crippen LogP) is 1.56. The summed E-state index contributed by atoms with van der Waals surface area (Å²) in [6.07, 6.45) is 6.46. The highest BCUT2D eigenvalue weighted by Gasteiger charge is 2.26. The van der Waals surface area contributed by atoms with Gasteiger partial charge in [-0.2, -0.15) is 0 Å². The summed E-state index contributed by atoms with van der Waals surface area (Å²) >= 11 is 0. The van der Waals surface area contributed by atoms with Crippen molar-refractivity contribution >= 4 is 11.7 Å². The Morgan fingerprint density at radius 2 is 1.83 bits per heavy atom. The van der Waals surface area contributed by atoms with Gasteiger partial charge in [0.05, 0.1) is 11.9 Å². The van der Waals surface area contributed by atoms with Gasteiger partial charge < -0.3 is 14.7 Å². The van der Waals surface area contributed by atoms with E-state index in [1.807, 2.05) is 13.1 Å². The van der Waals surface area contributed by atoms with Gasteiger partial charge in [0, 0.05) is 51.9 Å². The SMILES string of the molecule is CCN1CCN(C(=O)CC2CCN(c3cncc(C)n3)CC2)CC1. The fraction of sp³-hybridized carbons (Fsp3) is 0.722. The van der Waals surface area contributed by atoms with Crippen LogP contribution in [0.2, 0.25) is 0 Å². The van der Waals surface area contributed by atoms with E-state index in [2.05, 4.69) is 31.6 Å². The van der Waals surface area contributed by atoms with E-state index in [9.17, 15) is 4.79 Å². The van der Waals surface area contributed by atoms with Crippen LogP contribution in [0, 0.1) is 12.8 Å². The summed E-state index contributed by atoms with van der Waals surface area (Å²) in [5, 5.41) is 0. The molecule has 2 aliphatic rings. The summed E-state index contributed by atoms with van der Waals surface area (Å²) in [5.74, 6) is 1.82. The van der Waals surface area contributed by atoms with Gasteiger partial charge in [-0.1, -0.05) is 6.92 Å². The van der Waals surface area contributed by atoms with E-state index in [0.717, 1.165) is 70.2 Å². The lowest BCUT2D eigenvalue weighted by molar-refractivity contribution is -0.134. The maximum atomic E-state index is 12.5. The number of hydrogen-bond donors (Lipinski definition) is 0. The van der Waals surface area contributed by atoms with Crippen molar-refractivity contribution in [2.24, 2.45) is 5.92 Å². The maximum Gasteiger partial charge on any atom is 0.222 e. The topological polar surface area (TPSA) is 52.6 Å². The summed E-state index contributed by atoms with van der Waals surface area (Å²) in [6, 6.07) is 0. The number of nitrogens with zero attached hydrogens (tertiary/aromatic N) is 5. The summed E-state index contributed by atoms with van der Waals surface area (Å²) < 4.78 is 0. The first-order valence-electron chi connectivity index (χ1n) is 9.19. The van der Waals surface area contributed by atoms with Crippen LogP contribution in [0.5, 0.6) is 0 Å². The molecule has 3 heterocycles. The van der Waals surface area contributed by atoms with Gasteiger partial charge in [-0.25, -0.2) is 4.98 Å². The van der Waals surface area contributed by atoms with Crippen LogP contribution < -0.4 is 4.90 Å². The van der Waals surface area contributed by atoms with Crippen molar-refractivity contribution in [3.8, 4) is 0 Å². The molecule has 2 fully saturated rings. The number of aryl methyl sites for hydroxylation is 1. The van der Waals surface area contributed by atoms with Crippen molar-refractivity contribution in [1.82, 2.24) is 19.8 Å². The normalized spacial score (nSPS) is 20.4. The number of likely N-dealkylation sites (N-methyl/N-ethyl adjacent to an activating group) is 1. The number of carbonyl (C=O) groups excluding carboxylic acids is 1. The van der Waals surface area contributed by atoms with Crippen molar-refractivity contribution in [3.05, 3.63) is 18.1 Å².